The molecule has 7 nitrogen and oxygen atoms in total. The molecule has 0 aliphatic heterocycles. The zero-order chi connectivity index (χ0) is 25.6. The van der Waals surface area contributed by atoms with E-state index in [9.17, 15) is 18.0 Å². The van der Waals surface area contributed by atoms with Crippen molar-refractivity contribution in [1.82, 2.24) is 0 Å². The number of azo groups is 1. The summed E-state index contributed by atoms with van der Waals surface area (Å²) in [4.78, 5) is 12.8. The third-order valence-electron chi connectivity index (χ3n) is 3.92. The van der Waals surface area contributed by atoms with Gasteiger partial charge in [-0.25, -0.2) is 0 Å². The van der Waals surface area contributed by atoms with Crippen molar-refractivity contribution >= 4 is 75.2 Å². The van der Waals surface area contributed by atoms with Gasteiger partial charge in [0.15, 0.2) is 0 Å². The van der Waals surface area contributed by atoms with Crippen molar-refractivity contribution in [1.29, 1.82) is 0 Å². The summed E-state index contributed by atoms with van der Waals surface area (Å²) < 4.78 is 40.8. The molecule has 0 spiro atoms. The Bertz CT molecular complexity index is 1280. The first-order valence-electron chi connectivity index (χ1n) is 9.33. The summed E-state index contributed by atoms with van der Waals surface area (Å²) in [5.74, 6) is -1.71. The molecule has 2 N–H and O–H groups in total. The predicted molar refractivity (Wildman–Crippen MR) is 130 cm³/mol. The van der Waals surface area contributed by atoms with Crippen molar-refractivity contribution < 1.29 is 22.7 Å². The molecule has 0 aliphatic rings. The minimum absolute atomic E-state index is 0.150. The molecule has 3 aromatic carbocycles. The maximum absolute atomic E-state index is 12.8. The quantitative estimate of drug-likeness (QED) is 0.141. The average Bonchev–Trinajstić information content (AvgIpc) is 2.78. The Kier molecular flexibility index (Phi) is 8.79. The van der Waals surface area contributed by atoms with E-state index in [-0.39, 0.29) is 21.4 Å². The zero-order valence-corrected chi connectivity index (χ0v) is 20.1. The largest absolute Gasteiger partial charge is 0.573 e. The summed E-state index contributed by atoms with van der Waals surface area (Å²) in [5.41, 5.74) is 3.43. The van der Waals surface area contributed by atoms with Gasteiger partial charge in [0, 0.05) is 5.69 Å². The van der Waals surface area contributed by atoms with Crippen molar-refractivity contribution in [3.8, 4) is 5.75 Å². The highest BCUT2D eigenvalue weighted by atomic mass is 35.5. The normalized spacial score (nSPS) is 12.0. The van der Waals surface area contributed by atoms with Crippen LogP contribution in [0.15, 0.2) is 76.0 Å². The number of alkyl halides is 3. The van der Waals surface area contributed by atoms with Crippen LogP contribution in [-0.4, -0.2) is 18.1 Å². The molecule has 35 heavy (non-hydrogen) atoms. The number of benzene rings is 3. The van der Waals surface area contributed by atoms with E-state index in [1.165, 1.54) is 42.5 Å². The van der Waals surface area contributed by atoms with Gasteiger partial charge >= 0.3 is 6.36 Å². The van der Waals surface area contributed by atoms with Crippen LogP contribution in [0.5, 0.6) is 5.75 Å². The van der Waals surface area contributed by atoms with Gasteiger partial charge in [-0.2, -0.15) is 0 Å². The number of hydrazone groups is 1. The maximum Gasteiger partial charge on any atom is 0.573 e. The Morgan fingerprint density at radius 2 is 1.40 bits per heavy atom. The number of hydrogen-bond donors (Lipinski definition) is 2. The van der Waals surface area contributed by atoms with Gasteiger partial charge in [-0.3, -0.25) is 10.2 Å². The molecule has 3 aromatic rings. The SMILES string of the molecule is O=C(Nc1ccc(OC(F)(F)F)cc1)/C(N=Nc1ccc(Cl)c(Cl)c1)=N/Nc1ccc(Cl)c(Cl)c1. The topological polar surface area (TPSA) is 87.4 Å². The summed E-state index contributed by atoms with van der Waals surface area (Å²) in [5, 5.41) is 15.3. The minimum Gasteiger partial charge on any atom is -0.406 e. The molecule has 182 valence electrons. The van der Waals surface area contributed by atoms with E-state index in [1.54, 1.807) is 6.07 Å². The van der Waals surface area contributed by atoms with E-state index in [1.807, 2.05) is 0 Å². The van der Waals surface area contributed by atoms with Gasteiger partial charge in [-0.15, -0.1) is 28.5 Å². The Balaban J connectivity index is 1.82. The second-order valence-electron chi connectivity index (χ2n) is 6.50. The molecule has 0 atom stereocenters. The van der Waals surface area contributed by atoms with E-state index >= 15 is 0 Å². The number of halogens is 7. The van der Waals surface area contributed by atoms with Crippen LogP contribution >= 0.6 is 46.4 Å². The number of carbonyl (C=O) groups excluding carboxylic acids is 1. The van der Waals surface area contributed by atoms with E-state index < -0.39 is 23.9 Å². The van der Waals surface area contributed by atoms with E-state index in [2.05, 4.69) is 30.8 Å². The smallest absolute Gasteiger partial charge is 0.406 e. The molecule has 3 rings (SSSR count). The molecule has 14 heteroatoms. The van der Waals surface area contributed by atoms with Gasteiger partial charge in [0.1, 0.15) is 5.75 Å². The molecule has 0 fully saturated rings. The number of amidine groups is 1. The van der Waals surface area contributed by atoms with Gasteiger partial charge in [0.05, 0.1) is 31.5 Å². The van der Waals surface area contributed by atoms with Gasteiger partial charge in [0.25, 0.3) is 11.7 Å². The summed E-state index contributed by atoms with van der Waals surface area (Å²) in [6.45, 7) is 0. The van der Waals surface area contributed by atoms with Crippen molar-refractivity contribution in [2.45, 2.75) is 6.36 Å². The Morgan fingerprint density at radius 1 is 0.800 bits per heavy atom. The van der Waals surface area contributed by atoms with Crippen molar-refractivity contribution in [3.05, 3.63) is 80.8 Å². The third-order valence-corrected chi connectivity index (χ3v) is 5.40. The van der Waals surface area contributed by atoms with Crippen LogP contribution in [0.25, 0.3) is 0 Å². The van der Waals surface area contributed by atoms with Crippen LogP contribution in [0.2, 0.25) is 20.1 Å². The van der Waals surface area contributed by atoms with Gasteiger partial charge in [-0.05, 0) is 60.7 Å². The number of amides is 1. The molecule has 1 amide bonds. The highest BCUT2D eigenvalue weighted by Gasteiger charge is 2.31. The van der Waals surface area contributed by atoms with Gasteiger partial charge < -0.3 is 10.1 Å². The van der Waals surface area contributed by atoms with Crippen LogP contribution in [0.1, 0.15) is 0 Å². The van der Waals surface area contributed by atoms with Gasteiger partial charge in [-0.1, -0.05) is 46.4 Å². The highest BCUT2D eigenvalue weighted by Crippen LogP contribution is 2.28. The van der Waals surface area contributed by atoms with Crippen LogP contribution in [0.4, 0.5) is 30.2 Å². The zero-order valence-electron chi connectivity index (χ0n) is 17.1. The fraction of sp³-hybridized carbons (Fsp3) is 0.0476. The number of rotatable bonds is 5. The third kappa shape index (κ3) is 8.29. The Morgan fingerprint density at radius 3 is 2.00 bits per heavy atom. The molecule has 0 saturated heterocycles. The fourth-order valence-electron chi connectivity index (χ4n) is 2.38. The average molecular weight is 565 g/mol. The molecule has 0 bridgehead atoms. The first-order chi connectivity index (χ1) is 16.5. The lowest BCUT2D eigenvalue weighted by Crippen LogP contribution is -2.22. The lowest BCUT2D eigenvalue weighted by molar-refractivity contribution is -0.274. The van der Waals surface area contributed by atoms with Crippen LogP contribution < -0.4 is 15.5 Å². The summed E-state index contributed by atoms with van der Waals surface area (Å²) in [6.07, 6.45) is -4.84. The lowest BCUT2D eigenvalue weighted by Gasteiger charge is -2.10. The predicted octanol–water partition coefficient (Wildman–Crippen LogP) is 8.35. The van der Waals surface area contributed by atoms with Crippen molar-refractivity contribution in [2.24, 2.45) is 15.3 Å². The summed E-state index contributed by atoms with van der Waals surface area (Å²) >= 11 is 23.7. The second-order valence-corrected chi connectivity index (χ2v) is 8.13. The molecule has 0 radical (unpaired) electrons. The first kappa shape index (κ1) is 26.6. The van der Waals surface area contributed by atoms with Crippen LogP contribution in [-0.2, 0) is 4.79 Å². The number of anilines is 2. The van der Waals surface area contributed by atoms with Crippen molar-refractivity contribution in [2.75, 3.05) is 10.7 Å². The fourth-order valence-corrected chi connectivity index (χ4v) is 2.97. The molecule has 0 saturated carbocycles. The van der Waals surface area contributed by atoms with E-state index in [0.717, 1.165) is 12.1 Å². The molecule has 0 aliphatic carbocycles. The molecular weight excluding hydrogens is 553 g/mol. The number of nitrogens with zero attached hydrogens (tertiary/aromatic N) is 3. The molecule has 0 aromatic heterocycles. The molecular formula is C21H12Cl4F3N5O2. The van der Waals surface area contributed by atoms with E-state index in [4.69, 9.17) is 46.4 Å². The lowest BCUT2D eigenvalue weighted by atomic mass is 10.3. The number of ether oxygens (including phenoxy) is 1. The molecule has 0 unspecified atom stereocenters. The van der Waals surface area contributed by atoms with Gasteiger partial charge in [0.2, 0.25) is 0 Å². The highest BCUT2D eigenvalue weighted by molar-refractivity contribution is 6.43. The number of carbonyl (C=O) groups is 1. The number of hydrogen-bond acceptors (Lipinski definition) is 5. The number of nitrogens with one attached hydrogen (secondary N) is 2. The van der Waals surface area contributed by atoms with Crippen LogP contribution in [0.3, 0.4) is 0 Å². The van der Waals surface area contributed by atoms with Crippen LogP contribution in [0, 0.1) is 0 Å². The molecule has 0 heterocycles. The standard InChI is InChI=1S/C21H12Cl4F3N5O2/c22-15-7-3-12(9-17(15)24)30-32-19(33-31-13-4-8-16(23)18(25)10-13)20(34)29-11-1-5-14(6-2-11)35-21(26,27)28/h1-10,30H,(H,29,34)/b32-19-,33-31?. The van der Waals surface area contributed by atoms with E-state index in [0.29, 0.717) is 15.7 Å². The van der Waals surface area contributed by atoms with Crippen molar-refractivity contribution in [3.63, 3.8) is 0 Å². The minimum atomic E-state index is -4.84. The maximum atomic E-state index is 12.8. The first-order valence-corrected chi connectivity index (χ1v) is 10.8. The second kappa shape index (κ2) is 11.6. The summed E-state index contributed by atoms with van der Waals surface area (Å²) in [6, 6.07) is 13.5. The Hall–Kier alpha value is -3.05. The Labute approximate surface area is 216 Å². The monoisotopic (exact) mass is 563 g/mol. The summed E-state index contributed by atoms with van der Waals surface area (Å²) in [7, 11) is 0.